The number of carbonyl (C=O) groups is 1. The van der Waals surface area contributed by atoms with Gasteiger partial charge in [0.15, 0.2) is 0 Å². The third-order valence-corrected chi connectivity index (χ3v) is 5.76. The molecule has 0 aliphatic heterocycles. The molecular weight excluding hydrogens is 464 g/mol. The second-order valence-electron chi connectivity index (χ2n) is 7.99. The van der Waals surface area contributed by atoms with E-state index in [0.717, 1.165) is 22.2 Å². The predicted octanol–water partition coefficient (Wildman–Crippen LogP) is 5.15. The fourth-order valence-electron chi connectivity index (χ4n) is 3.73. The van der Waals surface area contributed by atoms with Gasteiger partial charge in [0.25, 0.3) is 11.5 Å². The topological polar surface area (TPSA) is 89.0 Å². The first-order valence-corrected chi connectivity index (χ1v) is 11.4. The molecule has 0 atom stereocenters. The van der Waals surface area contributed by atoms with Crippen LogP contribution in [0.15, 0.2) is 95.9 Å². The molecule has 1 amide bonds. The van der Waals surface area contributed by atoms with E-state index in [1.165, 1.54) is 6.07 Å². The predicted molar refractivity (Wildman–Crippen MR) is 135 cm³/mol. The van der Waals surface area contributed by atoms with E-state index in [2.05, 4.69) is 15.5 Å². The molecule has 35 heavy (non-hydrogen) atoms. The molecule has 0 saturated heterocycles. The molecular formula is C27H21ClN4O3. The van der Waals surface area contributed by atoms with Gasteiger partial charge in [0, 0.05) is 28.2 Å². The Labute approximate surface area is 205 Å². The van der Waals surface area contributed by atoms with Gasteiger partial charge >= 0.3 is 0 Å². The summed E-state index contributed by atoms with van der Waals surface area (Å²) in [5.74, 6) is 0.944. The van der Waals surface area contributed by atoms with Crippen molar-refractivity contribution in [2.75, 3.05) is 0 Å². The summed E-state index contributed by atoms with van der Waals surface area (Å²) in [5.41, 5.74) is 2.97. The summed E-state index contributed by atoms with van der Waals surface area (Å²) in [5, 5.41) is 11.6. The first kappa shape index (κ1) is 22.4. The lowest BCUT2D eigenvalue weighted by Crippen LogP contribution is -2.23. The molecule has 0 radical (unpaired) electrons. The fraction of sp³-hybridized carbons (Fsp3) is 0.0741. The lowest BCUT2D eigenvalue weighted by molar-refractivity contribution is 0.0950. The molecule has 3 aromatic carbocycles. The minimum absolute atomic E-state index is 0.0487. The molecule has 2 N–H and O–H groups in total. The number of nitrogens with one attached hydrogen (secondary N) is 2. The molecule has 0 saturated carbocycles. The highest BCUT2D eigenvalue weighted by atomic mass is 35.5. The van der Waals surface area contributed by atoms with Crippen molar-refractivity contribution in [2.45, 2.75) is 13.1 Å². The number of amides is 1. The van der Waals surface area contributed by atoms with Gasteiger partial charge in [-0.1, -0.05) is 35.9 Å². The molecule has 0 bridgehead atoms. The first-order chi connectivity index (χ1) is 17.0. The maximum absolute atomic E-state index is 12.7. The highest BCUT2D eigenvalue weighted by molar-refractivity contribution is 6.31. The molecule has 0 spiro atoms. The van der Waals surface area contributed by atoms with Crippen molar-refractivity contribution in [1.29, 1.82) is 0 Å². The smallest absolute Gasteiger partial charge is 0.251 e. The van der Waals surface area contributed by atoms with Crippen LogP contribution in [-0.2, 0) is 13.1 Å². The van der Waals surface area contributed by atoms with Gasteiger partial charge in [-0.25, -0.2) is 0 Å². The number of benzene rings is 3. The van der Waals surface area contributed by atoms with Crippen molar-refractivity contribution in [3.8, 4) is 11.5 Å². The van der Waals surface area contributed by atoms with E-state index in [-0.39, 0.29) is 18.0 Å². The van der Waals surface area contributed by atoms with Crippen LogP contribution in [0.3, 0.4) is 0 Å². The number of fused-ring (bicyclic) bond motifs is 1. The normalized spacial score (nSPS) is 10.9. The summed E-state index contributed by atoms with van der Waals surface area (Å²) < 4.78 is 7.58. The number of aromatic nitrogens is 3. The van der Waals surface area contributed by atoms with Crippen molar-refractivity contribution >= 4 is 28.4 Å². The van der Waals surface area contributed by atoms with Crippen molar-refractivity contribution < 1.29 is 9.53 Å². The number of aromatic amines is 1. The summed E-state index contributed by atoms with van der Waals surface area (Å²) in [6.07, 6.45) is 1.76. The van der Waals surface area contributed by atoms with Gasteiger partial charge in [0.1, 0.15) is 11.5 Å². The summed E-state index contributed by atoms with van der Waals surface area (Å²) in [7, 11) is 0. The standard InChI is InChI=1S/C27H21ClN4O3/c28-20-9-12-24-23(15-20)25(31-30-24)16-29-27(34)19-4-3-5-22(14-19)35-21-10-7-18(8-11-21)17-32-13-2-1-6-26(32)33/h1-15H,16-17H2,(H,29,34)(H,30,31). The number of H-pyrrole nitrogens is 1. The maximum Gasteiger partial charge on any atom is 0.251 e. The Morgan fingerprint density at radius 3 is 2.66 bits per heavy atom. The molecule has 5 rings (SSSR count). The zero-order valence-electron chi connectivity index (χ0n) is 18.6. The monoisotopic (exact) mass is 484 g/mol. The average molecular weight is 485 g/mol. The Kier molecular flexibility index (Phi) is 6.32. The fourth-order valence-corrected chi connectivity index (χ4v) is 3.90. The van der Waals surface area contributed by atoms with E-state index < -0.39 is 0 Å². The van der Waals surface area contributed by atoms with Gasteiger partial charge in [-0.2, -0.15) is 5.10 Å². The number of ether oxygens (including phenoxy) is 1. The van der Waals surface area contributed by atoms with Gasteiger partial charge in [-0.3, -0.25) is 14.7 Å². The van der Waals surface area contributed by atoms with E-state index in [0.29, 0.717) is 28.6 Å². The van der Waals surface area contributed by atoms with Crippen LogP contribution in [0.2, 0.25) is 5.02 Å². The number of hydrogen-bond donors (Lipinski definition) is 2. The van der Waals surface area contributed by atoms with Crippen LogP contribution in [0.25, 0.3) is 10.9 Å². The van der Waals surface area contributed by atoms with Gasteiger partial charge < -0.3 is 14.6 Å². The van der Waals surface area contributed by atoms with E-state index in [1.54, 1.807) is 47.2 Å². The minimum Gasteiger partial charge on any atom is -0.457 e. The van der Waals surface area contributed by atoms with Crippen LogP contribution in [0.4, 0.5) is 0 Å². The number of carbonyl (C=O) groups excluding carboxylic acids is 1. The van der Waals surface area contributed by atoms with Crippen molar-refractivity contribution in [3.63, 3.8) is 0 Å². The molecule has 2 aromatic heterocycles. The molecule has 0 aliphatic rings. The molecule has 0 fully saturated rings. The van der Waals surface area contributed by atoms with Crippen LogP contribution < -0.4 is 15.6 Å². The quantitative estimate of drug-likeness (QED) is 0.334. The summed E-state index contributed by atoms with van der Waals surface area (Å²) in [6, 6.07) is 25.0. The lowest BCUT2D eigenvalue weighted by atomic mass is 10.2. The van der Waals surface area contributed by atoms with E-state index >= 15 is 0 Å². The molecule has 5 aromatic rings. The van der Waals surface area contributed by atoms with Crippen molar-refractivity contribution in [3.05, 3.63) is 123 Å². The Morgan fingerprint density at radius 1 is 0.971 bits per heavy atom. The number of hydrogen-bond acceptors (Lipinski definition) is 4. The van der Waals surface area contributed by atoms with Crippen LogP contribution in [0, 0.1) is 0 Å². The van der Waals surface area contributed by atoms with Gasteiger partial charge in [0.2, 0.25) is 0 Å². The largest absolute Gasteiger partial charge is 0.457 e. The van der Waals surface area contributed by atoms with Gasteiger partial charge in [-0.05, 0) is 60.2 Å². The van der Waals surface area contributed by atoms with E-state index in [4.69, 9.17) is 16.3 Å². The second kappa shape index (κ2) is 9.87. The second-order valence-corrected chi connectivity index (χ2v) is 8.42. The van der Waals surface area contributed by atoms with Crippen molar-refractivity contribution in [1.82, 2.24) is 20.1 Å². The lowest BCUT2D eigenvalue weighted by Gasteiger charge is -2.10. The molecule has 0 unspecified atom stereocenters. The summed E-state index contributed by atoms with van der Waals surface area (Å²) in [6.45, 7) is 0.764. The molecule has 174 valence electrons. The minimum atomic E-state index is -0.233. The van der Waals surface area contributed by atoms with Crippen molar-refractivity contribution in [2.24, 2.45) is 0 Å². The number of nitrogens with zero attached hydrogens (tertiary/aromatic N) is 2. The highest BCUT2D eigenvalue weighted by Crippen LogP contribution is 2.24. The molecule has 8 heteroatoms. The Balaban J connectivity index is 1.23. The third-order valence-electron chi connectivity index (χ3n) is 5.53. The van der Waals surface area contributed by atoms with E-state index in [1.807, 2.05) is 42.5 Å². The van der Waals surface area contributed by atoms with Gasteiger partial charge in [0.05, 0.1) is 24.3 Å². The maximum atomic E-state index is 12.7. The Morgan fingerprint density at radius 2 is 1.83 bits per heavy atom. The first-order valence-electron chi connectivity index (χ1n) is 11.0. The number of halogens is 1. The molecule has 0 aliphatic carbocycles. The van der Waals surface area contributed by atoms with Crippen LogP contribution >= 0.6 is 11.6 Å². The third kappa shape index (κ3) is 5.26. The number of rotatable bonds is 7. The van der Waals surface area contributed by atoms with Crippen LogP contribution in [0.5, 0.6) is 11.5 Å². The average Bonchev–Trinajstić information content (AvgIpc) is 3.27. The van der Waals surface area contributed by atoms with Crippen LogP contribution in [0.1, 0.15) is 21.6 Å². The van der Waals surface area contributed by atoms with Gasteiger partial charge in [-0.15, -0.1) is 0 Å². The Hall–Kier alpha value is -4.36. The molecule has 7 nitrogen and oxygen atoms in total. The van der Waals surface area contributed by atoms with Crippen LogP contribution in [-0.4, -0.2) is 20.7 Å². The summed E-state index contributed by atoms with van der Waals surface area (Å²) >= 11 is 6.08. The Bertz CT molecular complexity index is 1560. The zero-order valence-corrected chi connectivity index (χ0v) is 19.3. The molecule has 2 heterocycles. The summed E-state index contributed by atoms with van der Waals surface area (Å²) in [4.78, 5) is 24.6. The zero-order chi connectivity index (χ0) is 24.2. The van der Waals surface area contributed by atoms with E-state index in [9.17, 15) is 9.59 Å². The highest BCUT2D eigenvalue weighted by Gasteiger charge is 2.11. The number of pyridine rings is 1. The SMILES string of the molecule is O=C(NCc1[nH]nc2ccc(Cl)cc12)c1cccc(Oc2ccc(Cn3ccccc3=O)cc2)c1.